The molecule has 0 aromatic carbocycles. The van der Waals surface area contributed by atoms with Crippen molar-refractivity contribution in [2.45, 2.75) is 26.8 Å². The van der Waals surface area contributed by atoms with Crippen LogP contribution in [0.15, 0.2) is 28.9 Å². The van der Waals surface area contributed by atoms with Crippen molar-refractivity contribution in [3.05, 3.63) is 35.1 Å². The minimum Gasteiger partial charge on any atom is -0.467 e. The van der Waals surface area contributed by atoms with Gasteiger partial charge in [0.25, 0.3) is 0 Å². The Hall–Kier alpha value is -2.08. The molecule has 0 saturated carbocycles. The molecule has 0 radical (unpaired) electrons. The molecule has 0 amide bonds. The summed E-state index contributed by atoms with van der Waals surface area (Å²) in [7, 11) is 0. The van der Waals surface area contributed by atoms with Crippen LogP contribution in [0.1, 0.15) is 24.5 Å². The molecule has 0 saturated heterocycles. The number of furan rings is 1. The van der Waals surface area contributed by atoms with Gasteiger partial charge >= 0.3 is 0 Å². The lowest BCUT2D eigenvalue weighted by atomic mass is 10.3. The van der Waals surface area contributed by atoms with Crippen molar-refractivity contribution in [2.24, 2.45) is 0 Å². The summed E-state index contributed by atoms with van der Waals surface area (Å²) >= 11 is 1.68. The van der Waals surface area contributed by atoms with Crippen molar-refractivity contribution in [3.8, 4) is 0 Å². The van der Waals surface area contributed by atoms with Crippen LogP contribution in [-0.4, -0.2) is 16.5 Å². The number of hydrogen-bond donors (Lipinski definition) is 1. The van der Waals surface area contributed by atoms with E-state index in [1.807, 2.05) is 12.1 Å². The Morgan fingerprint density at radius 2 is 2.19 bits per heavy atom. The van der Waals surface area contributed by atoms with E-state index in [9.17, 15) is 0 Å². The molecule has 0 bridgehead atoms. The Morgan fingerprint density at radius 3 is 2.86 bits per heavy atom. The van der Waals surface area contributed by atoms with Gasteiger partial charge in [-0.15, -0.1) is 11.3 Å². The summed E-state index contributed by atoms with van der Waals surface area (Å²) in [5.74, 6) is 2.11. The zero-order valence-electron chi connectivity index (χ0n) is 12.2. The van der Waals surface area contributed by atoms with Crippen LogP contribution >= 0.6 is 11.3 Å². The molecule has 3 rings (SSSR count). The van der Waals surface area contributed by atoms with E-state index in [0.29, 0.717) is 12.5 Å². The second-order valence-corrected chi connectivity index (χ2v) is 5.90. The quantitative estimate of drug-likeness (QED) is 0.781. The fourth-order valence-electron chi connectivity index (χ4n) is 2.31. The molecule has 21 heavy (non-hydrogen) atoms. The minimum atomic E-state index is 0.319. The number of nitrogens with two attached hydrogens (primary N) is 1. The van der Waals surface area contributed by atoms with Gasteiger partial charge in [-0.1, -0.05) is 6.92 Å². The van der Waals surface area contributed by atoms with Crippen molar-refractivity contribution >= 4 is 33.3 Å². The van der Waals surface area contributed by atoms with Crippen LogP contribution in [0.3, 0.4) is 0 Å². The molecule has 6 heteroatoms. The van der Waals surface area contributed by atoms with Gasteiger partial charge in [0.15, 0.2) is 0 Å². The Kier molecular flexibility index (Phi) is 3.79. The van der Waals surface area contributed by atoms with Gasteiger partial charge in [-0.25, -0.2) is 4.98 Å². The maximum atomic E-state index is 5.88. The zero-order valence-corrected chi connectivity index (χ0v) is 13.0. The summed E-state index contributed by atoms with van der Waals surface area (Å²) in [5.41, 5.74) is 5.88. The molecule has 2 N–H and O–H groups in total. The first-order valence-corrected chi connectivity index (χ1v) is 7.86. The summed E-state index contributed by atoms with van der Waals surface area (Å²) in [6.45, 7) is 5.73. The van der Waals surface area contributed by atoms with Crippen LogP contribution in [0.5, 0.6) is 0 Å². The van der Waals surface area contributed by atoms with Gasteiger partial charge in [0.05, 0.1) is 18.2 Å². The van der Waals surface area contributed by atoms with Gasteiger partial charge in [0, 0.05) is 11.4 Å². The molecule has 3 aromatic heterocycles. The lowest BCUT2D eigenvalue weighted by Gasteiger charge is -2.21. The van der Waals surface area contributed by atoms with E-state index in [2.05, 4.69) is 34.8 Å². The van der Waals surface area contributed by atoms with E-state index in [1.165, 1.54) is 4.88 Å². The predicted octanol–water partition coefficient (Wildman–Crippen LogP) is 3.46. The lowest BCUT2D eigenvalue weighted by Crippen LogP contribution is -2.23. The molecule has 0 aliphatic rings. The van der Waals surface area contributed by atoms with E-state index in [1.54, 1.807) is 17.6 Å². The first-order chi connectivity index (χ1) is 10.2. The Labute approximate surface area is 127 Å². The Morgan fingerprint density at radius 1 is 1.33 bits per heavy atom. The number of anilines is 2. The van der Waals surface area contributed by atoms with Crippen LogP contribution in [0.25, 0.3) is 10.2 Å². The van der Waals surface area contributed by atoms with Gasteiger partial charge in [-0.3, -0.25) is 0 Å². The third kappa shape index (κ3) is 2.71. The number of thiophene rings is 1. The van der Waals surface area contributed by atoms with Crippen molar-refractivity contribution in [1.29, 1.82) is 0 Å². The molecule has 0 fully saturated rings. The average molecular weight is 302 g/mol. The Bertz CT molecular complexity index is 736. The van der Waals surface area contributed by atoms with E-state index >= 15 is 0 Å². The number of aryl methyl sites for hydroxylation is 1. The number of hydrogen-bond acceptors (Lipinski definition) is 6. The molecular formula is C15H18N4OS. The van der Waals surface area contributed by atoms with E-state index in [0.717, 1.165) is 34.8 Å². The molecule has 110 valence electrons. The predicted molar refractivity (Wildman–Crippen MR) is 86.6 cm³/mol. The third-order valence-electron chi connectivity index (χ3n) is 3.40. The van der Waals surface area contributed by atoms with E-state index in [-0.39, 0.29) is 0 Å². The van der Waals surface area contributed by atoms with Crippen LogP contribution in [0, 0.1) is 0 Å². The number of fused-ring (bicyclic) bond motifs is 1. The summed E-state index contributed by atoms with van der Waals surface area (Å²) < 4.78 is 5.44. The highest BCUT2D eigenvalue weighted by molar-refractivity contribution is 7.18. The fraction of sp³-hybridized carbons (Fsp3) is 0.333. The number of rotatable bonds is 5. The molecule has 0 aliphatic carbocycles. The highest BCUT2D eigenvalue weighted by Gasteiger charge is 2.16. The normalized spacial score (nSPS) is 11.1. The smallest absolute Gasteiger partial charge is 0.223 e. The topological polar surface area (TPSA) is 68.2 Å². The van der Waals surface area contributed by atoms with Gasteiger partial charge < -0.3 is 15.1 Å². The van der Waals surface area contributed by atoms with Crippen molar-refractivity contribution < 1.29 is 4.42 Å². The number of aromatic nitrogens is 2. The summed E-state index contributed by atoms with van der Waals surface area (Å²) in [5, 5.41) is 1.07. The Balaban J connectivity index is 2.05. The lowest BCUT2D eigenvalue weighted by molar-refractivity contribution is 0.503. The van der Waals surface area contributed by atoms with E-state index in [4.69, 9.17) is 10.2 Å². The highest BCUT2D eigenvalue weighted by Crippen LogP contribution is 2.32. The standard InChI is InChI=1S/C15H18N4OS/c1-3-11-8-12-13(17-15(16)18-14(12)21-11)19(4-2)9-10-6-5-7-20-10/h5-8H,3-4,9H2,1-2H3,(H2,16,17,18). The molecule has 3 heterocycles. The maximum Gasteiger partial charge on any atom is 0.223 e. The second kappa shape index (κ2) is 5.73. The van der Waals surface area contributed by atoms with Crippen LogP contribution in [0.2, 0.25) is 0 Å². The number of nitrogens with zero attached hydrogens (tertiary/aromatic N) is 3. The summed E-state index contributed by atoms with van der Waals surface area (Å²) in [6.07, 6.45) is 2.68. The minimum absolute atomic E-state index is 0.319. The van der Waals surface area contributed by atoms with Gasteiger partial charge in [0.2, 0.25) is 5.95 Å². The molecule has 0 unspecified atom stereocenters. The molecule has 0 atom stereocenters. The zero-order chi connectivity index (χ0) is 14.8. The molecular weight excluding hydrogens is 284 g/mol. The van der Waals surface area contributed by atoms with Crippen molar-refractivity contribution in [3.63, 3.8) is 0 Å². The van der Waals surface area contributed by atoms with Crippen LogP contribution in [0.4, 0.5) is 11.8 Å². The molecule has 3 aromatic rings. The summed E-state index contributed by atoms with van der Waals surface area (Å²) in [4.78, 5) is 13.2. The third-order valence-corrected chi connectivity index (χ3v) is 4.57. The first kappa shape index (κ1) is 13.9. The maximum absolute atomic E-state index is 5.88. The number of nitrogen functional groups attached to an aromatic ring is 1. The SMILES string of the molecule is CCc1cc2c(N(CC)Cc3ccco3)nc(N)nc2s1. The fourth-order valence-corrected chi connectivity index (χ4v) is 3.28. The van der Waals surface area contributed by atoms with Gasteiger partial charge in [-0.2, -0.15) is 4.98 Å². The van der Waals surface area contributed by atoms with Crippen molar-refractivity contribution in [1.82, 2.24) is 9.97 Å². The van der Waals surface area contributed by atoms with Crippen molar-refractivity contribution in [2.75, 3.05) is 17.2 Å². The highest BCUT2D eigenvalue weighted by atomic mass is 32.1. The second-order valence-electron chi connectivity index (χ2n) is 4.78. The largest absolute Gasteiger partial charge is 0.467 e. The summed E-state index contributed by atoms with van der Waals surface area (Å²) in [6, 6.07) is 6.03. The molecule has 0 aliphatic heterocycles. The first-order valence-electron chi connectivity index (χ1n) is 7.04. The molecule has 5 nitrogen and oxygen atoms in total. The van der Waals surface area contributed by atoms with E-state index < -0.39 is 0 Å². The van der Waals surface area contributed by atoms with Crippen LogP contribution < -0.4 is 10.6 Å². The van der Waals surface area contributed by atoms with Crippen LogP contribution in [-0.2, 0) is 13.0 Å². The van der Waals surface area contributed by atoms with Gasteiger partial charge in [0.1, 0.15) is 16.4 Å². The molecule has 0 spiro atoms. The van der Waals surface area contributed by atoms with Gasteiger partial charge in [-0.05, 0) is 31.5 Å². The monoisotopic (exact) mass is 302 g/mol. The average Bonchev–Trinajstić information content (AvgIpc) is 3.12.